The zero-order chi connectivity index (χ0) is 96.5. The third kappa shape index (κ3) is 41.3. The van der Waals surface area contributed by atoms with Crippen molar-refractivity contribution >= 4 is 83.3 Å². The molecule has 745 valence electrons. The van der Waals surface area contributed by atoms with Crippen LogP contribution in [0.15, 0.2) is 47.9 Å². The molecule has 3 unspecified atom stereocenters. The molecule has 0 spiro atoms. The number of hydrogen-bond donors (Lipinski definition) is 6. The van der Waals surface area contributed by atoms with E-state index in [2.05, 4.69) is 241 Å². The normalized spacial score (nSPS) is 16.7. The molecule has 5 aromatic rings. The van der Waals surface area contributed by atoms with Crippen LogP contribution in [0, 0.1) is 0 Å². The number of aromatic nitrogens is 10. The quantitative estimate of drug-likeness (QED) is 0.00364. The summed E-state index contributed by atoms with van der Waals surface area (Å²) in [6.07, 6.45) is 26.3. The first-order chi connectivity index (χ1) is 58.9. The summed E-state index contributed by atoms with van der Waals surface area (Å²) in [5, 5.41) is 53.7. The van der Waals surface area contributed by atoms with Crippen LogP contribution in [0.25, 0.3) is 10.4 Å². The molecule has 0 amide bonds. The summed E-state index contributed by atoms with van der Waals surface area (Å²) in [6, 6.07) is 0.123. The van der Waals surface area contributed by atoms with E-state index in [1.165, 1.54) is 48.7 Å². The smallest absolute Gasteiger partial charge is 1.00 e. The molecule has 8 N–H and O–H groups in total. The van der Waals surface area contributed by atoms with E-state index in [-0.39, 0.29) is 129 Å². The number of nitrogens with one attached hydrogen (secondary N) is 1. The van der Waals surface area contributed by atoms with E-state index in [0.717, 1.165) is 143 Å². The molecule has 0 bridgehead atoms. The number of ketones is 4. The minimum atomic E-state index is -1.71. The van der Waals surface area contributed by atoms with Crippen molar-refractivity contribution in [3.8, 4) is 0 Å². The largest absolute Gasteiger partial charge is 1.00 e. The monoisotopic (exact) mass is 1950 g/mol. The molecule has 0 aromatic carbocycles. The maximum atomic E-state index is 11.8. The molecule has 1 fully saturated rings. The number of aliphatic hydroxyl groups excluding tert-OH is 3. The summed E-state index contributed by atoms with van der Waals surface area (Å²) in [5.41, 5.74) is 28.2. The number of halogens is 1. The maximum Gasteiger partial charge on any atom is 1.00 e. The number of nitrogens with zero attached hydrogens (tertiary/aromatic N) is 15. The van der Waals surface area contributed by atoms with Crippen LogP contribution in [0.1, 0.15) is 308 Å². The fourth-order valence-corrected chi connectivity index (χ4v) is 17.5. The molecule has 3 atom stereocenters. The van der Waals surface area contributed by atoms with Gasteiger partial charge in [-0.2, -0.15) is 36.6 Å². The third-order valence-corrected chi connectivity index (χ3v) is 50.3. The molecular formula is C94H182BClN18NaO11Si5. The van der Waals surface area contributed by atoms with Gasteiger partial charge >= 0.3 is 29.6 Å². The molecule has 37 heteroatoms. The van der Waals surface area contributed by atoms with Crippen LogP contribution in [-0.4, -0.2) is 226 Å². The number of azide groups is 1. The number of allylic oxidation sites excluding steroid dienone is 1. The molecule has 6 aliphatic rings. The van der Waals surface area contributed by atoms with Gasteiger partial charge in [-0.25, -0.2) is 0 Å². The molecule has 6 aliphatic carbocycles. The van der Waals surface area contributed by atoms with Gasteiger partial charge in [-0.3, -0.25) is 53.9 Å². The summed E-state index contributed by atoms with van der Waals surface area (Å²) in [7, 11) is -4.51. The van der Waals surface area contributed by atoms with Crippen LogP contribution in [-0.2, 0) is 92.1 Å². The number of carbonyl (C=O) groups is 4. The molecule has 3 radical (unpaired) electrons. The van der Waals surface area contributed by atoms with E-state index in [4.69, 9.17) is 56.1 Å². The van der Waals surface area contributed by atoms with Gasteiger partial charge in [0.05, 0.1) is 132 Å². The Kier molecular flexibility index (Phi) is 58.0. The maximum absolute atomic E-state index is 11.8. The van der Waals surface area contributed by atoms with Crippen molar-refractivity contribution in [2.75, 3.05) is 79.9 Å². The summed E-state index contributed by atoms with van der Waals surface area (Å²) in [4.78, 5) is 52.7. The van der Waals surface area contributed by atoms with Gasteiger partial charge in [0.2, 0.25) is 0 Å². The molecule has 11 rings (SSSR count). The van der Waals surface area contributed by atoms with E-state index in [1.807, 2.05) is 46.7 Å². The Labute approximate surface area is 827 Å². The van der Waals surface area contributed by atoms with Gasteiger partial charge in [-0.05, 0) is 193 Å². The minimum absolute atomic E-state index is 0. The average Bonchev–Trinajstić information content (AvgIpc) is 1.70. The number of fused-ring (bicyclic) bond motifs is 5. The van der Waals surface area contributed by atoms with Crippen molar-refractivity contribution in [2.45, 2.75) is 397 Å². The van der Waals surface area contributed by atoms with Crippen molar-refractivity contribution < 1.29 is 83.2 Å². The van der Waals surface area contributed by atoms with Gasteiger partial charge in [0, 0.05) is 117 Å². The SMILES string of the molecule is C.C.CC(C)(C)[Si](C)(C)Cl.CC(C)(C)[Si](C)(C)OCCn1ncc2c1CCCC2=O.CC(C)(C)[Si](C)(C)OCCn1ncc2c1CCCC2N.CC(C)(C)[Si](C)(C)OCCn1ncc2c1CCCC2N=[N+]=[N-].CC(C)(C)[Si](C)(C)OCCn1ncc2c1CCCC2O.CCN(CC)CC.CN(C)C=C1C(=O)CCCC1=O.NNCCO.O=C1CCCc2c1cnn2CCO.[B].[H-].[Na+]. The topological polar surface area (TPSA) is 374 Å². The summed E-state index contributed by atoms with van der Waals surface area (Å²) >= 11 is 6.15. The second kappa shape index (κ2) is 59.1. The summed E-state index contributed by atoms with van der Waals surface area (Å²) in [5.74, 6) is 5.13. The van der Waals surface area contributed by atoms with Crippen LogP contribution >= 0.6 is 11.1 Å². The molecule has 0 saturated heterocycles. The van der Waals surface area contributed by atoms with Gasteiger partial charge in [0.1, 0.15) is 0 Å². The molecule has 1 saturated carbocycles. The average molecular weight is 1950 g/mol. The van der Waals surface area contributed by atoms with Crippen LogP contribution in [0.4, 0.5) is 0 Å². The Morgan fingerprint density at radius 2 is 0.802 bits per heavy atom. The van der Waals surface area contributed by atoms with Crippen LogP contribution < -0.4 is 46.6 Å². The van der Waals surface area contributed by atoms with Crippen molar-refractivity contribution in [2.24, 2.45) is 16.7 Å². The second-order valence-corrected chi connectivity index (χ2v) is 68.2. The Hall–Kier alpha value is -4.42. The fourth-order valence-electron chi connectivity index (χ4n) is 13.4. The van der Waals surface area contributed by atoms with Gasteiger partial charge in [0.15, 0.2) is 63.8 Å². The van der Waals surface area contributed by atoms with Crippen molar-refractivity contribution in [3.63, 3.8) is 0 Å². The molecule has 5 heterocycles. The van der Waals surface area contributed by atoms with Gasteiger partial charge in [-0.15, -0.1) is 0 Å². The number of Topliss-reactive ketones (excluding diaryl/α,β-unsaturated/α-hetero) is 4. The zero-order valence-corrected chi connectivity index (χ0v) is 93.7. The van der Waals surface area contributed by atoms with Crippen molar-refractivity contribution in [3.05, 3.63) is 109 Å². The summed E-state index contributed by atoms with van der Waals surface area (Å²) < 4.78 is 34.7. The number of hydrogen-bond acceptors (Lipinski definition) is 22. The fraction of sp³-hybridized carbons (Fsp3) is 0.777. The number of rotatable bonds is 25. The Balaban J connectivity index is -0.00000145. The van der Waals surface area contributed by atoms with E-state index in [9.17, 15) is 24.3 Å². The molecule has 0 aliphatic heterocycles. The van der Waals surface area contributed by atoms with Crippen molar-refractivity contribution in [1.82, 2.24) is 64.1 Å². The molecule has 29 nitrogen and oxygen atoms in total. The first-order valence-corrected chi connectivity index (χ1v) is 62.4. The summed E-state index contributed by atoms with van der Waals surface area (Å²) in [6.45, 7) is 73.4. The first-order valence-electron chi connectivity index (χ1n) is 46.7. The predicted octanol–water partition coefficient (Wildman–Crippen LogP) is 16.7. The second-order valence-electron chi connectivity index (χ2n) is 41.7. The molecular weight excluding hydrogens is 1770 g/mol. The van der Waals surface area contributed by atoms with E-state index in [0.29, 0.717) is 75.6 Å². The molecule has 131 heavy (non-hydrogen) atoms. The first kappa shape index (κ1) is 129. The van der Waals surface area contributed by atoms with Gasteiger partial charge in [-0.1, -0.05) is 158 Å². The Morgan fingerprint density at radius 1 is 0.496 bits per heavy atom. The standard InChI is InChI=1S/C15H27N5OSi.C15H29N3OSi.C15H28N2O2Si.C15H26N2O2Si.C9H12N2O2.C9H13NO2.C6H15ClSi.C6H15N.C2H8N2O.2CH4.B.Na.H/c1-15(2,3)22(4,5)21-10-9-20-14-8-6-7-13(18-19-16)12(14)11-17-20;1-15(2,3)20(4,5)19-10-9-18-14-8-6-7-13(16)12(14)11-17-18;2*1-15(2,3)20(4,5)19-10-9-17-13-7-6-8-14(18)12(13)11-16-17;12-5-4-11-8-2-1-3-9(13)7(8)6-10-11;1-10(2)6-7-8(11)4-3-5-9(7)12;1-6(2,3)8(4,5)7;1-4-7(5-2)6-3;3-4-1-2-5;;;;;/h11,13H,6-10H2,1-5H3;11,13H,6-10,16H2,1-5H3;11,14,18H,6-10H2,1-5H3;11H,6-10H2,1-5H3;6,12H,1-5H2;6H,3-5H2,1-2H3;1-5H3;4-6H2,1-3H3;4-5H,1-3H2;2*1H4;;;/q;;;;;;;;;;;;+1;-1. The molecule has 5 aromatic heterocycles. The van der Waals surface area contributed by atoms with E-state index >= 15 is 0 Å². The Morgan fingerprint density at radius 3 is 1.12 bits per heavy atom. The Bertz CT molecular complexity index is 4120. The number of carbonyl (C=O) groups excluding carboxylic acids is 4. The predicted molar refractivity (Wildman–Crippen MR) is 550 cm³/mol. The number of nitrogens with two attached hydrogens (primary N) is 2. The zero-order valence-electron chi connectivity index (χ0n) is 87.0. The van der Waals surface area contributed by atoms with Crippen LogP contribution in [0.5, 0.6) is 0 Å². The van der Waals surface area contributed by atoms with Crippen LogP contribution in [0.3, 0.4) is 0 Å². The van der Waals surface area contributed by atoms with E-state index < -0.39 is 40.7 Å². The van der Waals surface area contributed by atoms with E-state index in [1.54, 1.807) is 28.2 Å². The van der Waals surface area contributed by atoms with Gasteiger partial charge < -0.3 is 50.0 Å². The third-order valence-electron chi connectivity index (χ3n) is 26.9. The van der Waals surface area contributed by atoms with Gasteiger partial charge in [0.25, 0.3) is 0 Å². The van der Waals surface area contributed by atoms with Crippen LogP contribution in [0.2, 0.25) is 90.7 Å². The minimum Gasteiger partial charge on any atom is -1.00 e. The van der Waals surface area contributed by atoms with Crippen molar-refractivity contribution in [1.29, 1.82) is 0 Å². The number of aliphatic hydroxyl groups is 3. The number of hydrazine groups is 1.